The number of aryl methyl sites for hydroxylation is 2. The van der Waals surface area contributed by atoms with E-state index in [-0.39, 0.29) is 4.90 Å². The third-order valence-electron chi connectivity index (χ3n) is 5.17. The molecular weight excluding hydrogens is 424 g/mol. The SMILES string of the molecule is Cc1ccc(S(=O)(=O)N(C)C(=O)NC(C)c2cc(C)ccc2OCc2ccccc2)cc1. The summed E-state index contributed by atoms with van der Waals surface area (Å²) in [4.78, 5) is 12.8. The van der Waals surface area contributed by atoms with Gasteiger partial charge < -0.3 is 10.1 Å². The number of hydrogen-bond acceptors (Lipinski definition) is 4. The van der Waals surface area contributed by atoms with Crippen molar-refractivity contribution in [1.29, 1.82) is 0 Å². The molecule has 0 saturated carbocycles. The highest BCUT2D eigenvalue weighted by atomic mass is 32.2. The largest absolute Gasteiger partial charge is 0.489 e. The lowest BCUT2D eigenvalue weighted by atomic mass is 10.0. The Morgan fingerprint density at radius 2 is 1.59 bits per heavy atom. The molecule has 0 spiro atoms. The normalized spacial score (nSPS) is 12.1. The van der Waals surface area contributed by atoms with Crippen LogP contribution in [0.2, 0.25) is 0 Å². The Labute approximate surface area is 189 Å². The van der Waals surface area contributed by atoms with Crippen LogP contribution in [-0.4, -0.2) is 25.8 Å². The quantitative estimate of drug-likeness (QED) is 0.549. The van der Waals surface area contributed by atoms with Gasteiger partial charge in [0.1, 0.15) is 12.4 Å². The van der Waals surface area contributed by atoms with E-state index in [1.165, 1.54) is 19.2 Å². The first-order valence-electron chi connectivity index (χ1n) is 10.3. The van der Waals surface area contributed by atoms with Gasteiger partial charge >= 0.3 is 6.03 Å². The molecule has 1 unspecified atom stereocenters. The van der Waals surface area contributed by atoms with Gasteiger partial charge in [0.25, 0.3) is 10.0 Å². The van der Waals surface area contributed by atoms with Crippen molar-refractivity contribution in [3.63, 3.8) is 0 Å². The monoisotopic (exact) mass is 452 g/mol. The summed E-state index contributed by atoms with van der Waals surface area (Å²) in [7, 11) is -2.71. The highest BCUT2D eigenvalue weighted by Gasteiger charge is 2.27. The molecule has 1 N–H and O–H groups in total. The average Bonchev–Trinajstić information content (AvgIpc) is 2.78. The third kappa shape index (κ3) is 5.48. The van der Waals surface area contributed by atoms with E-state index in [9.17, 15) is 13.2 Å². The van der Waals surface area contributed by atoms with Gasteiger partial charge in [0.2, 0.25) is 0 Å². The highest BCUT2D eigenvalue weighted by molar-refractivity contribution is 7.89. The molecule has 6 nitrogen and oxygen atoms in total. The zero-order valence-electron chi connectivity index (χ0n) is 18.7. The van der Waals surface area contributed by atoms with Crippen LogP contribution >= 0.6 is 0 Å². The number of ether oxygens (including phenoxy) is 1. The molecule has 3 aromatic rings. The number of nitrogens with one attached hydrogen (secondary N) is 1. The first-order chi connectivity index (χ1) is 15.2. The molecule has 0 aliphatic heterocycles. The maximum Gasteiger partial charge on any atom is 0.331 e. The summed E-state index contributed by atoms with van der Waals surface area (Å²) in [5.41, 5.74) is 3.75. The van der Waals surface area contributed by atoms with Crippen LogP contribution in [0, 0.1) is 13.8 Å². The Hall–Kier alpha value is -3.32. The van der Waals surface area contributed by atoms with E-state index in [1.54, 1.807) is 19.1 Å². The number of carbonyl (C=O) groups excluding carboxylic acids is 1. The van der Waals surface area contributed by atoms with Gasteiger partial charge in [-0.3, -0.25) is 0 Å². The average molecular weight is 453 g/mol. The molecule has 0 saturated heterocycles. The highest BCUT2D eigenvalue weighted by Crippen LogP contribution is 2.28. The fourth-order valence-electron chi connectivity index (χ4n) is 3.20. The van der Waals surface area contributed by atoms with E-state index in [2.05, 4.69) is 5.32 Å². The fourth-order valence-corrected chi connectivity index (χ4v) is 4.27. The Balaban J connectivity index is 1.75. The zero-order chi connectivity index (χ0) is 23.3. The van der Waals surface area contributed by atoms with Crippen molar-refractivity contribution in [3.05, 3.63) is 95.1 Å². The van der Waals surface area contributed by atoms with Crippen molar-refractivity contribution >= 4 is 16.1 Å². The Morgan fingerprint density at radius 3 is 2.25 bits per heavy atom. The summed E-state index contributed by atoms with van der Waals surface area (Å²) in [6, 6.07) is 20.7. The molecule has 7 heteroatoms. The standard InChI is InChI=1S/C25H28N2O4S/c1-18-10-13-22(14-11-18)32(29,30)27(4)25(28)26-20(3)23-16-19(2)12-15-24(23)31-17-21-8-6-5-7-9-21/h5-16,20H,17H2,1-4H3,(H,26,28). The van der Waals surface area contributed by atoms with Gasteiger partial charge in [-0.1, -0.05) is 65.7 Å². The maximum atomic E-state index is 12.8. The molecule has 32 heavy (non-hydrogen) atoms. The zero-order valence-corrected chi connectivity index (χ0v) is 19.5. The van der Waals surface area contributed by atoms with Gasteiger partial charge in [-0.05, 0) is 44.5 Å². The van der Waals surface area contributed by atoms with Crippen molar-refractivity contribution in [2.75, 3.05) is 7.05 Å². The smallest absolute Gasteiger partial charge is 0.331 e. The van der Waals surface area contributed by atoms with Crippen LogP contribution in [0.25, 0.3) is 0 Å². The van der Waals surface area contributed by atoms with E-state index in [0.717, 1.165) is 26.6 Å². The molecule has 0 fully saturated rings. The van der Waals surface area contributed by atoms with Crippen LogP contribution in [0.1, 0.15) is 35.2 Å². The minimum absolute atomic E-state index is 0.0656. The lowest BCUT2D eigenvalue weighted by molar-refractivity contribution is 0.224. The van der Waals surface area contributed by atoms with Gasteiger partial charge in [0.05, 0.1) is 10.9 Å². The second-order valence-electron chi connectivity index (χ2n) is 7.77. The van der Waals surface area contributed by atoms with Crippen LogP contribution in [0.5, 0.6) is 5.75 Å². The predicted octanol–water partition coefficient (Wildman–Crippen LogP) is 4.97. The van der Waals surface area contributed by atoms with Gasteiger partial charge in [-0.15, -0.1) is 0 Å². The predicted molar refractivity (Wildman–Crippen MR) is 125 cm³/mol. The summed E-state index contributed by atoms with van der Waals surface area (Å²) in [5.74, 6) is 0.635. The van der Waals surface area contributed by atoms with Gasteiger partial charge in [-0.25, -0.2) is 17.5 Å². The molecule has 0 aliphatic carbocycles. The summed E-state index contributed by atoms with van der Waals surface area (Å²) in [6.45, 7) is 6.01. The number of benzene rings is 3. The molecule has 168 valence electrons. The molecule has 2 amide bonds. The maximum absolute atomic E-state index is 12.8. The molecule has 0 aromatic heterocycles. The van der Waals surface area contributed by atoms with Crippen molar-refractivity contribution in [2.45, 2.75) is 38.3 Å². The van der Waals surface area contributed by atoms with Gasteiger partial charge in [0.15, 0.2) is 0 Å². The number of nitrogens with zero attached hydrogens (tertiary/aromatic N) is 1. The molecule has 3 aromatic carbocycles. The number of carbonyl (C=O) groups is 1. The van der Waals surface area contributed by atoms with Crippen LogP contribution in [0.3, 0.4) is 0 Å². The van der Waals surface area contributed by atoms with E-state index in [0.29, 0.717) is 12.4 Å². The number of hydrogen-bond donors (Lipinski definition) is 1. The van der Waals surface area contributed by atoms with Gasteiger partial charge in [0, 0.05) is 12.6 Å². The molecule has 0 heterocycles. The van der Waals surface area contributed by atoms with Crippen LogP contribution in [-0.2, 0) is 16.6 Å². The summed E-state index contributed by atoms with van der Waals surface area (Å²) >= 11 is 0. The molecule has 3 rings (SSSR count). The lowest BCUT2D eigenvalue weighted by Crippen LogP contribution is -2.42. The topological polar surface area (TPSA) is 75.7 Å². The second kappa shape index (κ2) is 9.87. The molecule has 0 radical (unpaired) electrons. The lowest BCUT2D eigenvalue weighted by Gasteiger charge is -2.23. The molecule has 0 bridgehead atoms. The third-order valence-corrected chi connectivity index (χ3v) is 6.93. The molecule has 0 aliphatic rings. The number of urea groups is 1. The van der Waals surface area contributed by atoms with Crippen LogP contribution < -0.4 is 10.1 Å². The summed E-state index contributed by atoms with van der Waals surface area (Å²) < 4.78 is 32.4. The summed E-state index contributed by atoms with van der Waals surface area (Å²) in [5, 5.41) is 2.78. The number of sulfonamides is 1. The first kappa shape index (κ1) is 23.3. The van der Waals surface area contributed by atoms with Crippen LogP contribution in [0.15, 0.2) is 77.7 Å². The van der Waals surface area contributed by atoms with Crippen molar-refractivity contribution < 1.29 is 17.9 Å². The molecule has 1 atom stereocenters. The van der Waals surface area contributed by atoms with E-state index in [1.807, 2.05) is 62.4 Å². The number of amides is 2. The number of rotatable bonds is 7. The van der Waals surface area contributed by atoms with E-state index in [4.69, 9.17) is 4.74 Å². The van der Waals surface area contributed by atoms with Crippen molar-refractivity contribution in [3.8, 4) is 5.75 Å². The molecular formula is C25H28N2O4S. The fraction of sp³-hybridized carbons (Fsp3) is 0.240. The van der Waals surface area contributed by atoms with Crippen molar-refractivity contribution in [2.24, 2.45) is 0 Å². The Kier molecular flexibility index (Phi) is 7.20. The summed E-state index contributed by atoms with van der Waals surface area (Å²) in [6.07, 6.45) is 0. The second-order valence-corrected chi connectivity index (χ2v) is 9.74. The van der Waals surface area contributed by atoms with E-state index >= 15 is 0 Å². The Bertz CT molecular complexity index is 1180. The van der Waals surface area contributed by atoms with E-state index < -0.39 is 22.1 Å². The Morgan fingerprint density at radius 1 is 0.969 bits per heavy atom. The minimum Gasteiger partial charge on any atom is -0.489 e. The van der Waals surface area contributed by atoms with Crippen molar-refractivity contribution in [1.82, 2.24) is 9.62 Å². The van der Waals surface area contributed by atoms with Crippen LogP contribution in [0.4, 0.5) is 4.79 Å². The first-order valence-corrected chi connectivity index (χ1v) is 11.8. The van der Waals surface area contributed by atoms with Gasteiger partial charge in [-0.2, -0.15) is 0 Å². The minimum atomic E-state index is -3.96.